The van der Waals surface area contributed by atoms with Gasteiger partial charge in [0.15, 0.2) is 11.0 Å². The van der Waals surface area contributed by atoms with Crippen LogP contribution in [0, 0.1) is 10.1 Å². The zero-order chi connectivity index (χ0) is 20.4. The summed E-state index contributed by atoms with van der Waals surface area (Å²) in [6.07, 6.45) is 1.89. The molecule has 2 heterocycles. The summed E-state index contributed by atoms with van der Waals surface area (Å²) in [6.45, 7) is 0. The van der Waals surface area contributed by atoms with Crippen molar-refractivity contribution in [1.82, 2.24) is 19.7 Å². The van der Waals surface area contributed by atoms with E-state index in [2.05, 4.69) is 20.5 Å². The molecule has 146 valence electrons. The number of thioether (sulfide) groups is 1. The van der Waals surface area contributed by atoms with Crippen LogP contribution in [0.2, 0.25) is 0 Å². The molecule has 2 N–H and O–H groups in total. The number of rotatable bonds is 6. The summed E-state index contributed by atoms with van der Waals surface area (Å²) in [7, 11) is 1.85. The van der Waals surface area contributed by atoms with Crippen molar-refractivity contribution < 1.29 is 9.72 Å². The number of aromatic amines is 1. The lowest BCUT2D eigenvalue weighted by atomic mass is 10.1. The third-order valence-electron chi connectivity index (χ3n) is 4.36. The fourth-order valence-electron chi connectivity index (χ4n) is 2.93. The number of nitro benzene ring substituents is 1. The Morgan fingerprint density at radius 1 is 1.21 bits per heavy atom. The van der Waals surface area contributed by atoms with Crippen molar-refractivity contribution in [2.45, 2.75) is 5.16 Å². The molecule has 4 aromatic rings. The van der Waals surface area contributed by atoms with Crippen LogP contribution in [0.25, 0.3) is 22.3 Å². The van der Waals surface area contributed by atoms with Gasteiger partial charge in [0.25, 0.3) is 5.69 Å². The van der Waals surface area contributed by atoms with E-state index in [-0.39, 0.29) is 17.3 Å². The molecule has 1 amide bonds. The van der Waals surface area contributed by atoms with Gasteiger partial charge in [-0.25, -0.2) is 0 Å². The number of carbonyl (C=O) groups is 1. The van der Waals surface area contributed by atoms with E-state index in [0.29, 0.717) is 16.7 Å². The molecular formula is C19H16N6O3S. The van der Waals surface area contributed by atoms with Gasteiger partial charge in [0, 0.05) is 47.5 Å². The number of nitrogens with zero attached hydrogens (tertiary/aromatic N) is 4. The van der Waals surface area contributed by atoms with Gasteiger partial charge < -0.3 is 14.9 Å². The minimum Gasteiger partial charge on any atom is -0.360 e. The van der Waals surface area contributed by atoms with E-state index < -0.39 is 4.92 Å². The molecule has 0 aliphatic rings. The van der Waals surface area contributed by atoms with Gasteiger partial charge in [0.05, 0.1) is 10.7 Å². The number of anilines is 1. The second kappa shape index (κ2) is 7.76. The van der Waals surface area contributed by atoms with Crippen molar-refractivity contribution in [2.75, 3.05) is 11.1 Å². The topological polar surface area (TPSA) is 119 Å². The largest absolute Gasteiger partial charge is 0.360 e. The van der Waals surface area contributed by atoms with Crippen LogP contribution in [0.5, 0.6) is 0 Å². The predicted molar refractivity (Wildman–Crippen MR) is 111 cm³/mol. The Kier molecular flexibility index (Phi) is 5.00. The number of aromatic nitrogens is 4. The fraction of sp³-hybridized carbons (Fsp3) is 0.105. The average Bonchev–Trinajstić information content (AvgIpc) is 3.30. The molecule has 0 aliphatic heterocycles. The van der Waals surface area contributed by atoms with Crippen LogP contribution in [-0.2, 0) is 11.8 Å². The summed E-state index contributed by atoms with van der Waals surface area (Å²) in [5.41, 5.74) is 2.43. The van der Waals surface area contributed by atoms with E-state index in [1.165, 1.54) is 36.0 Å². The maximum atomic E-state index is 12.2. The number of amides is 1. The average molecular weight is 408 g/mol. The van der Waals surface area contributed by atoms with E-state index in [0.717, 1.165) is 16.5 Å². The molecule has 10 heteroatoms. The summed E-state index contributed by atoms with van der Waals surface area (Å²) in [5, 5.41) is 23.5. The molecule has 0 bridgehead atoms. The second-order valence-electron chi connectivity index (χ2n) is 6.25. The predicted octanol–water partition coefficient (Wildman–Crippen LogP) is 3.60. The number of nitrogens with one attached hydrogen (secondary N) is 2. The van der Waals surface area contributed by atoms with Crippen LogP contribution < -0.4 is 5.32 Å². The lowest BCUT2D eigenvalue weighted by molar-refractivity contribution is -0.384. The normalized spacial score (nSPS) is 10.9. The number of hydrogen-bond donors (Lipinski definition) is 2. The monoisotopic (exact) mass is 408 g/mol. The first-order valence-corrected chi connectivity index (χ1v) is 9.64. The number of H-pyrrole nitrogens is 1. The van der Waals surface area contributed by atoms with Gasteiger partial charge in [-0.15, -0.1) is 10.2 Å². The summed E-state index contributed by atoms with van der Waals surface area (Å²) in [6, 6.07) is 13.6. The van der Waals surface area contributed by atoms with Crippen molar-refractivity contribution in [2.24, 2.45) is 7.05 Å². The minimum atomic E-state index is -0.485. The lowest BCUT2D eigenvalue weighted by Crippen LogP contribution is -2.14. The van der Waals surface area contributed by atoms with E-state index in [1.54, 1.807) is 0 Å². The Bertz CT molecular complexity index is 1200. The summed E-state index contributed by atoms with van der Waals surface area (Å²) >= 11 is 1.26. The molecule has 0 atom stereocenters. The second-order valence-corrected chi connectivity index (χ2v) is 7.20. The van der Waals surface area contributed by atoms with E-state index in [9.17, 15) is 14.9 Å². The van der Waals surface area contributed by atoms with Crippen LogP contribution >= 0.6 is 11.8 Å². The summed E-state index contributed by atoms with van der Waals surface area (Å²) in [5.74, 6) is 0.609. The minimum absolute atomic E-state index is 0.0266. The van der Waals surface area contributed by atoms with Crippen LogP contribution in [-0.4, -0.2) is 36.3 Å². The van der Waals surface area contributed by atoms with Crippen molar-refractivity contribution >= 4 is 39.9 Å². The van der Waals surface area contributed by atoms with Gasteiger partial charge in [-0.3, -0.25) is 14.9 Å². The number of nitro groups is 1. The molecular weight excluding hydrogens is 392 g/mol. The van der Waals surface area contributed by atoms with Gasteiger partial charge in [0.1, 0.15) is 0 Å². The van der Waals surface area contributed by atoms with E-state index in [1.807, 2.05) is 42.1 Å². The first-order chi connectivity index (χ1) is 14.0. The summed E-state index contributed by atoms with van der Waals surface area (Å²) in [4.78, 5) is 25.6. The standard InChI is InChI=1S/C19H16N6O3S/c1-24-18(15-10-20-16-5-3-2-4-14(15)16)22-23-19(24)29-11-17(26)21-12-6-8-13(9-7-12)25(27)28/h2-10,20H,11H2,1H3,(H,21,26). The van der Waals surface area contributed by atoms with Gasteiger partial charge >= 0.3 is 0 Å². The van der Waals surface area contributed by atoms with Crippen molar-refractivity contribution in [3.05, 3.63) is 64.8 Å². The molecule has 0 unspecified atom stereocenters. The molecule has 0 fully saturated rings. The highest BCUT2D eigenvalue weighted by Crippen LogP contribution is 2.29. The quantitative estimate of drug-likeness (QED) is 0.286. The number of para-hydroxylation sites is 1. The maximum Gasteiger partial charge on any atom is 0.269 e. The molecule has 0 aliphatic carbocycles. The van der Waals surface area contributed by atoms with Gasteiger partial charge in [-0.1, -0.05) is 30.0 Å². The highest BCUT2D eigenvalue weighted by molar-refractivity contribution is 7.99. The van der Waals surface area contributed by atoms with Crippen LogP contribution in [0.1, 0.15) is 0 Å². The highest BCUT2D eigenvalue weighted by Gasteiger charge is 2.16. The van der Waals surface area contributed by atoms with E-state index >= 15 is 0 Å². The Balaban J connectivity index is 1.43. The molecule has 0 saturated heterocycles. The zero-order valence-electron chi connectivity index (χ0n) is 15.3. The Labute approximate surface area is 169 Å². The number of benzene rings is 2. The van der Waals surface area contributed by atoms with E-state index in [4.69, 9.17) is 0 Å². The Hall–Kier alpha value is -3.66. The lowest BCUT2D eigenvalue weighted by Gasteiger charge is -2.05. The molecule has 9 nitrogen and oxygen atoms in total. The van der Waals surface area contributed by atoms with Crippen LogP contribution in [0.4, 0.5) is 11.4 Å². The smallest absolute Gasteiger partial charge is 0.269 e. The fourth-order valence-corrected chi connectivity index (χ4v) is 3.64. The summed E-state index contributed by atoms with van der Waals surface area (Å²) < 4.78 is 1.85. The number of carbonyl (C=O) groups excluding carboxylic acids is 1. The third-order valence-corrected chi connectivity index (χ3v) is 5.38. The first kappa shape index (κ1) is 18.7. The van der Waals surface area contributed by atoms with Gasteiger partial charge in [0.2, 0.25) is 5.91 Å². The number of hydrogen-bond acceptors (Lipinski definition) is 6. The SMILES string of the molecule is Cn1c(SCC(=O)Nc2ccc([N+](=O)[O-])cc2)nnc1-c1c[nH]c2ccccc12. The molecule has 2 aromatic carbocycles. The molecule has 0 spiro atoms. The van der Waals surface area contributed by atoms with Crippen LogP contribution in [0.15, 0.2) is 59.9 Å². The zero-order valence-corrected chi connectivity index (χ0v) is 16.1. The molecule has 29 heavy (non-hydrogen) atoms. The Morgan fingerprint density at radius 3 is 2.72 bits per heavy atom. The van der Waals surface area contributed by atoms with Crippen molar-refractivity contribution in [1.29, 1.82) is 0 Å². The molecule has 0 radical (unpaired) electrons. The maximum absolute atomic E-state index is 12.2. The van der Waals surface area contributed by atoms with Crippen molar-refractivity contribution in [3.63, 3.8) is 0 Å². The first-order valence-electron chi connectivity index (χ1n) is 8.66. The third kappa shape index (κ3) is 3.83. The van der Waals surface area contributed by atoms with Gasteiger partial charge in [-0.2, -0.15) is 0 Å². The number of non-ortho nitro benzene ring substituents is 1. The molecule has 4 rings (SSSR count). The Morgan fingerprint density at radius 2 is 1.97 bits per heavy atom. The highest BCUT2D eigenvalue weighted by atomic mass is 32.2. The molecule has 2 aromatic heterocycles. The van der Waals surface area contributed by atoms with Crippen LogP contribution in [0.3, 0.4) is 0 Å². The molecule has 0 saturated carbocycles. The number of fused-ring (bicyclic) bond motifs is 1. The van der Waals surface area contributed by atoms with Crippen molar-refractivity contribution in [3.8, 4) is 11.4 Å². The van der Waals surface area contributed by atoms with Gasteiger partial charge in [-0.05, 0) is 18.2 Å².